The number of benzene rings is 1. The average Bonchev–Trinajstić information content (AvgIpc) is 3.30. The summed E-state index contributed by atoms with van der Waals surface area (Å²) in [7, 11) is 0. The molecule has 13 nitrogen and oxygen atoms in total. The van der Waals surface area contributed by atoms with Gasteiger partial charge in [0.2, 0.25) is 17.7 Å². The summed E-state index contributed by atoms with van der Waals surface area (Å²) in [5.74, 6) is -3.33. The Bertz CT molecular complexity index is 1180. The fourth-order valence-electron chi connectivity index (χ4n) is 4.02. The molecule has 0 radical (unpaired) electrons. The molecule has 0 aliphatic heterocycles. The summed E-state index contributed by atoms with van der Waals surface area (Å²) in [6, 6.07) is 3.59. The summed E-state index contributed by atoms with van der Waals surface area (Å²) in [5.41, 5.74) is 18.5. The summed E-state index contributed by atoms with van der Waals surface area (Å²) < 4.78 is 0. The molecule has 1 aromatic carbocycles. The summed E-state index contributed by atoms with van der Waals surface area (Å²) in [6.07, 6.45) is 3.08. The van der Waals surface area contributed by atoms with Gasteiger partial charge in [-0.15, -0.1) is 0 Å². The van der Waals surface area contributed by atoms with Gasteiger partial charge in [0.05, 0.1) is 6.04 Å². The number of nitrogens with zero attached hydrogens (tertiary/aromatic N) is 1. The van der Waals surface area contributed by atoms with Gasteiger partial charge in [-0.05, 0) is 43.7 Å². The molecular weight excluding hydrogens is 504 g/mol. The molecule has 0 spiro atoms. The third-order valence-corrected chi connectivity index (χ3v) is 6.56. The normalized spacial score (nSPS) is 14.9. The molecule has 13 heteroatoms. The molecule has 0 aliphatic rings. The lowest BCUT2D eigenvalue weighted by Gasteiger charge is -2.27. The first-order valence-electron chi connectivity index (χ1n) is 12.9. The number of aliphatic imine (C=N–C) groups is 1. The van der Waals surface area contributed by atoms with Gasteiger partial charge in [-0.1, -0.05) is 38.5 Å². The highest BCUT2D eigenvalue weighted by molar-refractivity contribution is 5.94. The van der Waals surface area contributed by atoms with Crippen molar-refractivity contribution in [2.75, 3.05) is 6.54 Å². The molecule has 1 heterocycles. The smallest absolute Gasteiger partial charge is 0.326 e. The molecule has 0 saturated carbocycles. The molecule has 39 heavy (non-hydrogen) atoms. The number of hydrogen-bond acceptors (Lipinski definition) is 6. The van der Waals surface area contributed by atoms with E-state index in [0.717, 1.165) is 16.5 Å². The second-order valence-corrected chi connectivity index (χ2v) is 9.62. The monoisotopic (exact) mass is 544 g/mol. The van der Waals surface area contributed by atoms with E-state index in [1.807, 2.05) is 37.4 Å². The van der Waals surface area contributed by atoms with Crippen molar-refractivity contribution in [2.24, 2.45) is 28.1 Å². The zero-order chi connectivity index (χ0) is 29.1. The van der Waals surface area contributed by atoms with E-state index >= 15 is 0 Å². The number of amides is 3. The number of carboxylic acid groups (broad SMARTS) is 1. The van der Waals surface area contributed by atoms with E-state index in [-0.39, 0.29) is 31.3 Å². The van der Waals surface area contributed by atoms with Gasteiger partial charge in [-0.2, -0.15) is 0 Å². The van der Waals surface area contributed by atoms with E-state index in [2.05, 4.69) is 25.9 Å². The molecule has 0 fully saturated rings. The van der Waals surface area contributed by atoms with Gasteiger partial charge in [0.25, 0.3) is 0 Å². The number of nitrogens with two attached hydrogens (primary N) is 3. The Hall–Kier alpha value is -4.13. The van der Waals surface area contributed by atoms with Crippen molar-refractivity contribution >= 4 is 40.6 Å². The van der Waals surface area contributed by atoms with Gasteiger partial charge in [0.15, 0.2) is 5.96 Å². The highest BCUT2D eigenvalue weighted by Gasteiger charge is 2.31. The number of hydrogen-bond donors (Lipinski definition) is 8. The molecule has 0 saturated heterocycles. The van der Waals surface area contributed by atoms with Crippen LogP contribution in [0.4, 0.5) is 0 Å². The Morgan fingerprint density at radius 2 is 1.72 bits per heavy atom. The van der Waals surface area contributed by atoms with Crippen LogP contribution in [0.3, 0.4) is 0 Å². The second-order valence-electron chi connectivity index (χ2n) is 9.62. The highest BCUT2D eigenvalue weighted by Crippen LogP contribution is 2.19. The van der Waals surface area contributed by atoms with E-state index in [1.165, 1.54) is 6.92 Å². The molecular formula is C26H40N8O5. The van der Waals surface area contributed by atoms with E-state index in [1.54, 1.807) is 6.92 Å². The van der Waals surface area contributed by atoms with Crippen molar-refractivity contribution in [1.82, 2.24) is 20.9 Å². The maximum atomic E-state index is 13.1. The van der Waals surface area contributed by atoms with Crippen LogP contribution >= 0.6 is 0 Å². The predicted octanol–water partition coefficient (Wildman–Crippen LogP) is -0.304. The summed E-state index contributed by atoms with van der Waals surface area (Å²) in [4.78, 5) is 57.2. The lowest BCUT2D eigenvalue weighted by molar-refractivity contribution is -0.142. The van der Waals surface area contributed by atoms with Crippen LogP contribution < -0.4 is 33.2 Å². The van der Waals surface area contributed by atoms with Crippen molar-refractivity contribution in [3.63, 3.8) is 0 Å². The Morgan fingerprint density at radius 3 is 2.36 bits per heavy atom. The number of carboxylic acids is 1. The number of aromatic nitrogens is 1. The van der Waals surface area contributed by atoms with Crippen LogP contribution in [-0.2, 0) is 25.6 Å². The summed E-state index contributed by atoms with van der Waals surface area (Å²) >= 11 is 0. The van der Waals surface area contributed by atoms with E-state index in [9.17, 15) is 24.3 Å². The summed E-state index contributed by atoms with van der Waals surface area (Å²) in [6.45, 7) is 5.33. The first-order chi connectivity index (χ1) is 18.4. The fraction of sp³-hybridized carbons (Fsp3) is 0.500. The van der Waals surface area contributed by atoms with E-state index in [0.29, 0.717) is 12.8 Å². The van der Waals surface area contributed by atoms with Gasteiger partial charge in [-0.3, -0.25) is 19.4 Å². The largest absolute Gasteiger partial charge is 0.480 e. The van der Waals surface area contributed by atoms with E-state index in [4.69, 9.17) is 17.2 Å². The number of carbonyl (C=O) groups is 4. The van der Waals surface area contributed by atoms with Gasteiger partial charge in [0, 0.05) is 23.6 Å². The molecule has 1 aromatic heterocycles. The average molecular weight is 545 g/mol. The molecule has 0 aliphatic carbocycles. The number of para-hydroxylation sites is 1. The van der Waals surface area contributed by atoms with E-state index < -0.39 is 47.9 Å². The van der Waals surface area contributed by atoms with Gasteiger partial charge in [0.1, 0.15) is 18.1 Å². The highest BCUT2D eigenvalue weighted by atomic mass is 16.4. The van der Waals surface area contributed by atoms with Gasteiger partial charge >= 0.3 is 5.97 Å². The lowest BCUT2D eigenvalue weighted by Crippen LogP contribution is -2.58. The molecule has 11 N–H and O–H groups in total. The zero-order valence-corrected chi connectivity index (χ0v) is 22.6. The minimum absolute atomic E-state index is 0.0956. The Balaban J connectivity index is 1.99. The van der Waals surface area contributed by atoms with Crippen LogP contribution in [0.15, 0.2) is 35.5 Å². The first-order valence-corrected chi connectivity index (χ1v) is 12.9. The first kappa shape index (κ1) is 31.1. The van der Waals surface area contributed by atoms with Crippen LogP contribution in [-0.4, -0.2) is 70.5 Å². The van der Waals surface area contributed by atoms with Gasteiger partial charge < -0.3 is 43.2 Å². The fourth-order valence-corrected chi connectivity index (χ4v) is 4.02. The maximum absolute atomic E-state index is 13.1. The standard InChI is InChI=1S/C26H40N8O5/c1-4-14(2)21(34-23(36)18(27)12-16-13-31-19-9-6-5-8-17(16)19)24(37)32-15(3)22(35)33-20(25(38)39)10-7-11-30-26(28)29/h5-6,8-9,13-15,18,20-21,31H,4,7,10-12,27H2,1-3H3,(H,32,37)(H,33,35)(H,34,36)(H,38,39)(H4,28,29,30). The zero-order valence-electron chi connectivity index (χ0n) is 22.6. The van der Waals surface area contributed by atoms with Crippen molar-refractivity contribution < 1.29 is 24.3 Å². The lowest BCUT2D eigenvalue weighted by atomic mass is 9.97. The van der Waals surface area contributed by atoms with Crippen molar-refractivity contribution in [3.05, 3.63) is 36.0 Å². The molecule has 214 valence electrons. The van der Waals surface area contributed by atoms with Crippen LogP contribution in [0.2, 0.25) is 0 Å². The molecule has 2 rings (SSSR count). The Labute approximate surface area is 227 Å². The number of rotatable bonds is 15. The minimum Gasteiger partial charge on any atom is -0.480 e. The van der Waals surface area contributed by atoms with Gasteiger partial charge in [-0.25, -0.2) is 4.79 Å². The molecule has 2 aromatic rings. The third-order valence-electron chi connectivity index (χ3n) is 6.56. The number of H-pyrrole nitrogens is 1. The number of nitrogens with one attached hydrogen (secondary N) is 4. The molecule has 0 bridgehead atoms. The molecule has 3 amide bonds. The number of guanidine groups is 1. The van der Waals surface area contributed by atoms with Crippen LogP contribution in [0.25, 0.3) is 10.9 Å². The summed E-state index contributed by atoms with van der Waals surface area (Å²) in [5, 5.41) is 18.1. The second kappa shape index (κ2) is 14.7. The van der Waals surface area contributed by atoms with Crippen molar-refractivity contribution in [1.29, 1.82) is 0 Å². The predicted molar refractivity (Wildman–Crippen MR) is 148 cm³/mol. The minimum atomic E-state index is -1.22. The van der Waals surface area contributed by atoms with Crippen molar-refractivity contribution in [3.8, 4) is 0 Å². The number of fused-ring (bicyclic) bond motifs is 1. The van der Waals surface area contributed by atoms with Crippen molar-refractivity contribution in [2.45, 2.75) is 70.6 Å². The number of carbonyl (C=O) groups excluding carboxylic acids is 3. The molecule has 5 atom stereocenters. The topological polar surface area (TPSA) is 231 Å². The Morgan fingerprint density at radius 1 is 1.03 bits per heavy atom. The van der Waals surface area contributed by atoms with Crippen LogP contribution in [0.5, 0.6) is 0 Å². The van der Waals surface area contributed by atoms with Crippen LogP contribution in [0, 0.1) is 5.92 Å². The third kappa shape index (κ3) is 9.28. The SMILES string of the molecule is CCC(C)C(NC(=O)C(N)Cc1c[nH]c2ccccc12)C(=O)NC(C)C(=O)NC(CCCN=C(N)N)C(=O)O. The van der Waals surface area contributed by atoms with Crippen LogP contribution in [0.1, 0.15) is 45.6 Å². The number of aliphatic carboxylic acids is 1. The Kier molecular flexibility index (Phi) is 11.7. The quantitative estimate of drug-likeness (QED) is 0.0840. The number of aromatic amines is 1. The maximum Gasteiger partial charge on any atom is 0.326 e. The molecule has 5 unspecified atom stereocenters.